The van der Waals surface area contributed by atoms with Crippen LogP contribution in [-0.4, -0.2) is 5.97 Å². The Morgan fingerprint density at radius 2 is 1.79 bits per heavy atom. The standard InChI is InChI=1S/C16H13IO2/c1-11(2)16(18)19-14-10-6-9-13(17)15(14)12-7-4-3-5-8-12/h3-10H,1H2,2H3. The van der Waals surface area contributed by atoms with Gasteiger partial charge in [-0.25, -0.2) is 4.79 Å². The number of carbonyl (C=O) groups excluding carboxylic acids is 1. The van der Waals surface area contributed by atoms with Crippen LogP contribution >= 0.6 is 22.6 Å². The van der Waals surface area contributed by atoms with Crippen molar-refractivity contribution in [1.82, 2.24) is 0 Å². The van der Waals surface area contributed by atoms with Gasteiger partial charge in [-0.1, -0.05) is 43.0 Å². The van der Waals surface area contributed by atoms with Crippen LogP contribution in [0.25, 0.3) is 11.1 Å². The maximum atomic E-state index is 11.7. The zero-order valence-corrected chi connectivity index (χ0v) is 12.7. The molecule has 0 aliphatic carbocycles. The molecule has 19 heavy (non-hydrogen) atoms. The lowest BCUT2D eigenvalue weighted by Gasteiger charge is -2.12. The highest BCUT2D eigenvalue weighted by Crippen LogP contribution is 2.34. The summed E-state index contributed by atoms with van der Waals surface area (Å²) in [4.78, 5) is 11.7. The Labute approximate surface area is 126 Å². The predicted molar refractivity (Wildman–Crippen MR) is 85.0 cm³/mol. The molecule has 0 atom stereocenters. The first-order valence-corrected chi connectivity index (χ1v) is 6.89. The second-order valence-electron chi connectivity index (χ2n) is 4.15. The molecular formula is C16H13IO2. The minimum Gasteiger partial charge on any atom is -0.422 e. The lowest BCUT2D eigenvalue weighted by atomic mass is 10.0. The molecule has 0 unspecified atom stereocenters. The van der Waals surface area contributed by atoms with Crippen molar-refractivity contribution in [3.05, 3.63) is 64.3 Å². The van der Waals surface area contributed by atoms with Crippen LogP contribution in [-0.2, 0) is 4.79 Å². The molecule has 0 radical (unpaired) electrons. The van der Waals surface area contributed by atoms with Crippen molar-refractivity contribution >= 4 is 28.6 Å². The van der Waals surface area contributed by atoms with E-state index in [9.17, 15) is 4.79 Å². The lowest BCUT2D eigenvalue weighted by Crippen LogP contribution is -2.09. The van der Waals surface area contributed by atoms with Crippen LogP contribution in [0.15, 0.2) is 60.7 Å². The number of rotatable bonds is 3. The van der Waals surface area contributed by atoms with Crippen LogP contribution in [0.2, 0.25) is 0 Å². The van der Waals surface area contributed by atoms with Crippen molar-refractivity contribution in [1.29, 1.82) is 0 Å². The van der Waals surface area contributed by atoms with Crippen molar-refractivity contribution in [3.63, 3.8) is 0 Å². The number of ether oxygens (including phenoxy) is 1. The molecule has 0 aliphatic rings. The maximum Gasteiger partial charge on any atom is 0.338 e. The van der Waals surface area contributed by atoms with E-state index in [1.807, 2.05) is 42.5 Å². The molecule has 0 saturated carbocycles. The zero-order chi connectivity index (χ0) is 13.8. The lowest BCUT2D eigenvalue weighted by molar-refractivity contribution is -0.130. The SMILES string of the molecule is C=C(C)C(=O)Oc1cccc(I)c1-c1ccccc1. The van der Waals surface area contributed by atoms with Crippen molar-refractivity contribution in [3.8, 4) is 16.9 Å². The van der Waals surface area contributed by atoms with Crippen LogP contribution in [0.3, 0.4) is 0 Å². The van der Waals surface area contributed by atoms with E-state index in [4.69, 9.17) is 4.74 Å². The molecule has 0 bridgehead atoms. The van der Waals surface area contributed by atoms with Crippen molar-refractivity contribution in [2.24, 2.45) is 0 Å². The Morgan fingerprint density at radius 1 is 1.11 bits per heavy atom. The number of esters is 1. The summed E-state index contributed by atoms with van der Waals surface area (Å²) in [5.74, 6) is 0.158. The van der Waals surface area contributed by atoms with E-state index in [1.165, 1.54) is 0 Å². The average Bonchev–Trinajstić information content (AvgIpc) is 2.39. The molecule has 0 aliphatic heterocycles. The van der Waals surface area contributed by atoms with E-state index in [-0.39, 0.29) is 0 Å². The van der Waals surface area contributed by atoms with Gasteiger partial charge in [0.1, 0.15) is 5.75 Å². The normalized spacial score (nSPS) is 10.0. The van der Waals surface area contributed by atoms with Gasteiger partial charge in [-0.15, -0.1) is 0 Å². The molecule has 2 nitrogen and oxygen atoms in total. The Hall–Kier alpha value is -1.62. The summed E-state index contributed by atoms with van der Waals surface area (Å²) < 4.78 is 6.44. The summed E-state index contributed by atoms with van der Waals surface area (Å²) in [6.07, 6.45) is 0. The third-order valence-corrected chi connectivity index (χ3v) is 3.49. The van der Waals surface area contributed by atoms with Gasteiger partial charge in [-0.05, 0) is 47.2 Å². The van der Waals surface area contributed by atoms with E-state index in [0.717, 1.165) is 14.7 Å². The van der Waals surface area contributed by atoms with Crippen LogP contribution in [0.5, 0.6) is 5.75 Å². The van der Waals surface area contributed by atoms with E-state index in [2.05, 4.69) is 29.2 Å². The second-order valence-corrected chi connectivity index (χ2v) is 5.31. The van der Waals surface area contributed by atoms with E-state index in [0.29, 0.717) is 11.3 Å². The molecule has 0 heterocycles. The van der Waals surface area contributed by atoms with E-state index in [1.54, 1.807) is 13.0 Å². The highest BCUT2D eigenvalue weighted by molar-refractivity contribution is 14.1. The van der Waals surface area contributed by atoms with Gasteiger partial charge in [0.15, 0.2) is 0 Å². The van der Waals surface area contributed by atoms with Crippen molar-refractivity contribution in [2.45, 2.75) is 6.92 Å². The Morgan fingerprint density at radius 3 is 2.42 bits per heavy atom. The fourth-order valence-electron chi connectivity index (χ4n) is 1.66. The fraction of sp³-hybridized carbons (Fsp3) is 0.0625. The van der Waals surface area contributed by atoms with Gasteiger partial charge in [0.25, 0.3) is 0 Å². The maximum absolute atomic E-state index is 11.7. The monoisotopic (exact) mass is 364 g/mol. The van der Waals surface area contributed by atoms with Gasteiger partial charge in [0, 0.05) is 14.7 Å². The quantitative estimate of drug-likeness (QED) is 0.348. The zero-order valence-electron chi connectivity index (χ0n) is 10.5. The summed E-state index contributed by atoms with van der Waals surface area (Å²) in [6, 6.07) is 15.5. The molecule has 2 aromatic rings. The van der Waals surface area contributed by atoms with E-state index < -0.39 is 5.97 Å². The predicted octanol–water partition coefficient (Wildman–Crippen LogP) is 4.44. The van der Waals surface area contributed by atoms with E-state index >= 15 is 0 Å². The largest absolute Gasteiger partial charge is 0.422 e. The first-order chi connectivity index (χ1) is 9.09. The molecule has 96 valence electrons. The molecular weight excluding hydrogens is 351 g/mol. The first-order valence-electron chi connectivity index (χ1n) is 5.81. The number of halogens is 1. The Bertz CT molecular complexity index is 618. The highest BCUT2D eigenvalue weighted by atomic mass is 127. The van der Waals surface area contributed by atoms with Crippen LogP contribution in [0.4, 0.5) is 0 Å². The van der Waals surface area contributed by atoms with Crippen LogP contribution < -0.4 is 4.74 Å². The molecule has 3 heteroatoms. The minimum atomic E-state index is -0.404. The van der Waals surface area contributed by atoms with Crippen molar-refractivity contribution < 1.29 is 9.53 Å². The second kappa shape index (κ2) is 6.02. The molecule has 0 saturated heterocycles. The molecule has 0 N–H and O–H groups in total. The number of benzene rings is 2. The molecule has 0 amide bonds. The molecule has 2 rings (SSSR count). The molecule has 0 aromatic heterocycles. The summed E-state index contributed by atoms with van der Waals surface area (Å²) in [5, 5.41) is 0. The molecule has 2 aromatic carbocycles. The third-order valence-electron chi connectivity index (χ3n) is 2.59. The summed E-state index contributed by atoms with van der Waals surface area (Å²) in [6.45, 7) is 5.24. The minimum absolute atomic E-state index is 0.387. The molecule has 0 spiro atoms. The van der Waals surface area contributed by atoms with Crippen molar-refractivity contribution in [2.75, 3.05) is 0 Å². The highest BCUT2D eigenvalue weighted by Gasteiger charge is 2.13. The summed E-state index contributed by atoms with van der Waals surface area (Å²) >= 11 is 2.24. The van der Waals surface area contributed by atoms with Gasteiger partial charge in [-0.2, -0.15) is 0 Å². The topological polar surface area (TPSA) is 26.3 Å². The van der Waals surface area contributed by atoms with Gasteiger partial charge < -0.3 is 4.74 Å². The number of hydrogen-bond acceptors (Lipinski definition) is 2. The van der Waals surface area contributed by atoms with Gasteiger partial charge >= 0.3 is 5.97 Å². The average molecular weight is 364 g/mol. The number of hydrogen-bond donors (Lipinski definition) is 0. The van der Waals surface area contributed by atoms with Gasteiger partial charge in [0.05, 0.1) is 0 Å². The summed E-state index contributed by atoms with van der Waals surface area (Å²) in [5.41, 5.74) is 2.34. The van der Waals surface area contributed by atoms with Gasteiger partial charge in [-0.3, -0.25) is 0 Å². The first kappa shape index (κ1) is 13.8. The Kier molecular flexibility index (Phi) is 4.37. The number of carbonyl (C=O) groups is 1. The van der Waals surface area contributed by atoms with Gasteiger partial charge in [0.2, 0.25) is 0 Å². The van der Waals surface area contributed by atoms with Crippen LogP contribution in [0, 0.1) is 3.57 Å². The smallest absolute Gasteiger partial charge is 0.338 e. The molecule has 0 fully saturated rings. The Balaban J connectivity index is 2.48. The van der Waals surface area contributed by atoms with Crippen LogP contribution in [0.1, 0.15) is 6.92 Å². The summed E-state index contributed by atoms with van der Waals surface area (Å²) in [7, 11) is 0. The fourth-order valence-corrected chi connectivity index (χ4v) is 2.45. The third kappa shape index (κ3) is 3.23.